The summed E-state index contributed by atoms with van der Waals surface area (Å²) in [5.74, 6) is -0.380. The van der Waals surface area contributed by atoms with E-state index in [9.17, 15) is 14.4 Å². The van der Waals surface area contributed by atoms with Crippen molar-refractivity contribution in [1.29, 1.82) is 0 Å². The number of nitrogens with two attached hydrogens (primary N) is 3. The van der Waals surface area contributed by atoms with Gasteiger partial charge in [0.2, 0.25) is 5.91 Å². The largest absolute Gasteiger partial charge is 0.452 e. The smallest absolute Gasteiger partial charge is 0.262 e. The second-order valence-electron chi connectivity index (χ2n) is 10.3. The number of amides is 2. The maximum atomic E-state index is 14.0. The van der Waals surface area contributed by atoms with Gasteiger partial charge in [0.15, 0.2) is 11.5 Å². The number of nitrogen functional groups attached to an aromatic ring is 1. The number of carbonyl (C=O) groups excluding carboxylic acids is 3. The number of thiophene rings is 1. The van der Waals surface area contributed by atoms with Gasteiger partial charge in [-0.05, 0) is 49.1 Å². The van der Waals surface area contributed by atoms with E-state index in [1.807, 2.05) is 0 Å². The summed E-state index contributed by atoms with van der Waals surface area (Å²) in [6, 6.07) is 4.87. The zero-order valence-electron chi connectivity index (χ0n) is 22.4. The third-order valence-electron chi connectivity index (χ3n) is 7.78. The van der Waals surface area contributed by atoms with Crippen molar-refractivity contribution in [3.8, 4) is 11.5 Å². The Balaban J connectivity index is 1.37. The molecule has 0 aliphatic heterocycles. The Labute approximate surface area is 244 Å². The minimum atomic E-state index is -1.70. The maximum Gasteiger partial charge on any atom is 0.262 e. The molecule has 0 spiro atoms. The first-order valence-corrected chi connectivity index (χ1v) is 14.1. The van der Waals surface area contributed by atoms with Crippen molar-refractivity contribution < 1.29 is 19.1 Å². The van der Waals surface area contributed by atoms with Crippen LogP contribution in [0.5, 0.6) is 11.5 Å². The molecule has 214 valence electrons. The Morgan fingerprint density at radius 1 is 1.07 bits per heavy atom. The molecule has 2 aliphatic rings. The van der Waals surface area contributed by atoms with Crippen molar-refractivity contribution in [2.75, 3.05) is 5.73 Å². The van der Waals surface area contributed by atoms with E-state index < -0.39 is 23.3 Å². The van der Waals surface area contributed by atoms with Crippen LogP contribution >= 0.6 is 11.3 Å². The number of hydrogen-bond donors (Lipinski definition) is 5. The van der Waals surface area contributed by atoms with Crippen molar-refractivity contribution in [3.05, 3.63) is 83.5 Å². The van der Waals surface area contributed by atoms with Gasteiger partial charge in [-0.3, -0.25) is 19.4 Å². The fourth-order valence-electron chi connectivity index (χ4n) is 5.74. The summed E-state index contributed by atoms with van der Waals surface area (Å²) >= 11 is 1.17. The van der Waals surface area contributed by atoms with Gasteiger partial charge in [-0.25, -0.2) is 9.97 Å². The van der Waals surface area contributed by atoms with Crippen molar-refractivity contribution >= 4 is 44.7 Å². The van der Waals surface area contributed by atoms with Gasteiger partial charge in [0.1, 0.15) is 17.6 Å². The summed E-state index contributed by atoms with van der Waals surface area (Å²) in [4.78, 5) is 52.1. The molecule has 2 aliphatic carbocycles. The van der Waals surface area contributed by atoms with Crippen LogP contribution in [0, 0.1) is 0 Å². The van der Waals surface area contributed by atoms with Gasteiger partial charge in [-0.1, -0.05) is 12.6 Å². The second kappa shape index (κ2) is 10.6. The minimum absolute atomic E-state index is 0.231. The number of ketones is 1. The van der Waals surface area contributed by atoms with E-state index in [2.05, 4.69) is 32.2 Å². The summed E-state index contributed by atoms with van der Waals surface area (Å²) in [5, 5.41) is 6.49. The predicted octanol–water partition coefficient (Wildman–Crippen LogP) is 2.20. The van der Waals surface area contributed by atoms with Crippen LogP contribution in [0.3, 0.4) is 0 Å². The number of Topliss-reactive ketones (excluding diaryl/α,β-unsaturated/α-hetero) is 1. The highest BCUT2D eigenvalue weighted by molar-refractivity contribution is 7.21. The molecule has 1 aromatic carbocycles. The molecule has 4 atom stereocenters. The van der Waals surface area contributed by atoms with Crippen molar-refractivity contribution in [2.45, 2.75) is 42.9 Å². The Hall–Kier alpha value is -4.72. The maximum absolute atomic E-state index is 14.0. The van der Waals surface area contributed by atoms with Crippen LogP contribution in [0.1, 0.15) is 51.8 Å². The highest BCUT2D eigenvalue weighted by atomic mass is 32.1. The van der Waals surface area contributed by atoms with Gasteiger partial charge in [0.05, 0.1) is 39.9 Å². The molecule has 0 bridgehead atoms. The quantitative estimate of drug-likeness (QED) is 0.158. The number of anilines is 1. The summed E-state index contributed by atoms with van der Waals surface area (Å²) < 4.78 is 6.33. The second-order valence-corrected chi connectivity index (χ2v) is 11.3. The van der Waals surface area contributed by atoms with Gasteiger partial charge in [0.25, 0.3) is 5.91 Å². The van der Waals surface area contributed by atoms with Crippen molar-refractivity contribution in [2.24, 2.45) is 11.5 Å². The fraction of sp³-hybridized carbons (Fsp3) is 0.241. The summed E-state index contributed by atoms with van der Waals surface area (Å²) in [6.45, 7) is 3.50. The number of ether oxygens (including phenoxy) is 1. The van der Waals surface area contributed by atoms with Gasteiger partial charge < -0.3 is 32.6 Å². The summed E-state index contributed by atoms with van der Waals surface area (Å²) in [6.07, 6.45) is 9.33. The number of nitrogens with zero attached hydrogens (tertiary/aromatic N) is 3. The van der Waals surface area contributed by atoms with Crippen LogP contribution in [0.2, 0.25) is 0 Å². The number of hydrogen-bond acceptors (Lipinski definition) is 11. The third kappa shape index (κ3) is 4.47. The molecule has 13 heteroatoms. The normalized spacial score (nSPS) is 23.0. The van der Waals surface area contributed by atoms with Gasteiger partial charge >= 0.3 is 0 Å². The molecule has 1 saturated carbocycles. The first-order valence-electron chi connectivity index (χ1n) is 13.3. The zero-order chi connectivity index (χ0) is 29.6. The zero-order valence-corrected chi connectivity index (χ0v) is 23.2. The Morgan fingerprint density at radius 3 is 2.50 bits per heavy atom. The van der Waals surface area contributed by atoms with Crippen LogP contribution in [-0.2, 0) is 15.1 Å². The number of nitrogens with one attached hydrogen (secondary N) is 2. The molecule has 0 radical (unpaired) electrons. The number of pyridine rings is 1. The lowest BCUT2D eigenvalue weighted by molar-refractivity contribution is -0.124. The van der Waals surface area contributed by atoms with Crippen LogP contribution in [0.4, 0.5) is 5.69 Å². The van der Waals surface area contributed by atoms with E-state index in [-0.39, 0.29) is 28.6 Å². The predicted molar refractivity (Wildman–Crippen MR) is 157 cm³/mol. The van der Waals surface area contributed by atoms with Gasteiger partial charge in [0, 0.05) is 28.7 Å². The minimum Gasteiger partial charge on any atom is -0.452 e. The summed E-state index contributed by atoms with van der Waals surface area (Å²) in [5.41, 5.74) is 19.7. The van der Waals surface area contributed by atoms with Crippen LogP contribution in [0.25, 0.3) is 10.1 Å². The molecule has 2 amide bonds. The average Bonchev–Trinajstić information content (AvgIpc) is 3.61. The monoisotopic (exact) mass is 584 g/mol. The van der Waals surface area contributed by atoms with E-state index in [0.29, 0.717) is 44.8 Å². The summed E-state index contributed by atoms with van der Waals surface area (Å²) in [7, 11) is 0. The van der Waals surface area contributed by atoms with E-state index in [1.54, 1.807) is 24.3 Å². The first kappa shape index (κ1) is 27.4. The van der Waals surface area contributed by atoms with E-state index in [0.717, 1.165) is 12.8 Å². The third-order valence-corrected chi connectivity index (χ3v) is 9.03. The highest BCUT2D eigenvalue weighted by Gasteiger charge is 2.49. The van der Waals surface area contributed by atoms with Crippen molar-refractivity contribution in [3.63, 3.8) is 0 Å². The molecule has 8 N–H and O–H groups in total. The fourth-order valence-corrected chi connectivity index (χ4v) is 6.95. The standard InChI is InChI=1S/C29H28N8O4S/c1-2-21(38)36-18-4-3-5-19(18)37-28(40)26-23-22-16(7-8-17(30)25(22)42-26)29(32,27(39)24(23)31)20-9-6-14(12-35-20)41-15-10-33-13-34-11-15/h2,6-13,18-19,24H,1,3-5,30-32H2,(H,36,38)(H,37,40)/t18-,19+,24?,29?/m0/s1. The average molecular weight is 585 g/mol. The number of rotatable bonds is 7. The van der Waals surface area contributed by atoms with Crippen LogP contribution < -0.4 is 32.6 Å². The SMILES string of the molecule is C=CC(=O)N[C@H]1CCC[C@H]1NC(=O)c1sc2c(N)ccc3c2c1C(N)C(=O)C3(N)c1ccc(Oc2cncnc2)cn1. The molecule has 42 heavy (non-hydrogen) atoms. The number of benzene rings is 1. The molecule has 4 aromatic rings. The van der Waals surface area contributed by atoms with E-state index in [4.69, 9.17) is 21.9 Å². The molecular formula is C29H28N8O4S. The van der Waals surface area contributed by atoms with E-state index in [1.165, 1.54) is 42.3 Å². The number of carbonyl (C=O) groups is 3. The Bertz CT molecular complexity index is 1730. The molecular weight excluding hydrogens is 556 g/mol. The molecule has 1 fully saturated rings. The number of aromatic nitrogens is 3. The lowest BCUT2D eigenvalue weighted by Crippen LogP contribution is -2.53. The van der Waals surface area contributed by atoms with Crippen LogP contribution in [0.15, 0.2) is 61.8 Å². The Morgan fingerprint density at radius 2 is 1.81 bits per heavy atom. The molecule has 2 unspecified atom stereocenters. The van der Waals surface area contributed by atoms with Gasteiger partial charge in [-0.15, -0.1) is 11.3 Å². The molecule has 3 aromatic heterocycles. The van der Waals surface area contributed by atoms with Gasteiger partial charge in [-0.2, -0.15) is 0 Å². The lowest BCUT2D eigenvalue weighted by atomic mass is 9.72. The molecule has 3 heterocycles. The topological polar surface area (TPSA) is 201 Å². The molecule has 6 rings (SSSR count). The molecule has 0 saturated heterocycles. The highest BCUT2D eigenvalue weighted by Crippen LogP contribution is 2.49. The first-order chi connectivity index (χ1) is 20.2. The van der Waals surface area contributed by atoms with Crippen LogP contribution in [-0.4, -0.2) is 44.6 Å². The lowest BCUT2D eigenvalue weighted by Gasteiger charge is -2.35. The van der Waals surface area contributed by atoms with Crippen molar-refractivity contribution in [1.82, 2.24) is 25.6 Å². The van der Waals surface area contributed by atoms with E-state index >= 15 is 0 Å². The Kier molecular flexibility index (Phi) is 6.93. The molecule has 12 nitrogen and oxygen atoms in total.